The molecule has 0 aliphatic carbocycles. The third-order valence-electron chi connectivity index (χ3n) is 2.38. The Morgan fingerprint density at radius 2 is 1.83 bits per heavy atom. The van der Waals surface area contributed by atoms with E-state index in [9.17, 15) is 13.2 Å². The average molecular weight is 276 g/mol. The summed E-state index contributed by atoms with van der Waals surface area (Å²) in [4.78, 5) is 0. The van der Waals surface area contributed by atoms with Crippen molar-refractivity contribution in [1.82, 2.24) is 15.0 Å². The van der Waals surface area contributed by atoms with Crippen molar-refractivity contribution in [2.75, 3.05) is 0 Å². The fourth-order valence-corrected chi connectivity index (χ4v) is 1.80. The highest BCUT2D eigenvalue weighted by molar-refractivity contribution is 6.16. The maximum atomic E-state index is 12.9. The van der Waals surface area contributed by atoms with Crippen LogP contribution < -0.4 is 0 Å². The van der Waals surface area contributed by atoms with Crippen LogP contribution >= 0.6 is 11.6 Å². The van der Waals surface area contributed by atoms with Gasteiger partial charge in [-0.15, -0.1) is 16.7 Å². The molecule has 18 heavy (non-hydrogen) atoms. The molecule has 1 aromatic heterocycles. The fraction of sp³-hybridized carbons (Fsp3) is 0.273. The summed E-state index contributed by atoms with van der Waals surface area (Å²) in [5.74, 6) is -0.316. The average Bonchev–Trinajstić information content (AvgIpc) is 2.73. The molecular formula is C11H9ClF3N3. The van der Waals surface area contributed by atoms with Gasteiger partial charge in [-0.25, -0.2) is 4.68 Å². The van der Waals surface area contributed by atoms with E-state index in [0.717, 1.165) is 4.68 Å². The molecule has 0 saturated heterocycles. The molecule has 0 unspecified atom stereocenters. The largest absolute Gasteiger partial charge is 0.434 e. The summed E-state index contributed by atoms with van der Waals surface area (Å²) in [6, 6.07) is 8.74. The number of aromatic nitrogens is 3. The van der Waals surface area contributed by atoms with Gasteiger partial charge in [-0.05, 0) is 5.56 Å². The van der Waals surface area contributed by atoms with Gasteiger partial charge >= 0.3 is 6.18 Å². The first-order valence-corrected chi connectivity index (χ1v) is 5.65. The molecule has 1 aromatic carbocycles. The van der Waals surface area contributed by atoms with Crippen LogP contribution in [0.4, 0.5) is 13.2 Å². The molecule has 0 bridgehead atoms. The highest BCUT2D eigenvalue weighted by Crippen LogP contribution is 2.31. The van der Waals surface area contributed by atoms with Gasteiger partial charge in [0, 0.05) is 0 Å². The number of rotatable bonds is 3. The van der Waals surface area contributed by atoms with Gasteiger partial charge in [0.15, 0.2) is 5.69 Å². The maximum Gasteiger partial charge on any atom is 0.434 e. The monoisotopic (exact) mass is 275 g/mol. The van der Waals surface area contributed by atoms with Crippen LogP contribution in [0.1, 0.15) is 17.0 Å². The zero-order valence-electron chi connectivity index (χ0n) is 9.15. The van der Waals surface area contributed by atoms with Gasteiger partial charge in [0.05, 0.1) is 12.4 Å². The highest BCUT2D eigenvalue weighted by atomic mass is 35.5. The molecule has 96 valence electrons. The SMILES string of the molecule is FC(F)(F)c1c(CCl)nnn1Cc1ccccc1. The van der Waals surface area contributed by atoms with E-state index in [4.69, 9.17) is 11.6 Å². The zero-order valence-corrected chi connectivity index (χ0v) is 9.91. The summed E-state index contributed by atoms with van der Waals surface area (Å²) >= 11 is 5.44. The lowest BCUT2D eigenvalue weighted by Crippen LogP contribution is -2.17. The number of halogens is 4. The van der Waals surface area contributed by atoms with E-state index in [1.165, 1.54) is 0 Å². The van der Waals surface area contributed by atoms with Crippen LogP contribution in [0, 0.1) is 0 Å². The molecule has 0 amide bonds. The van der Waals surface area contributed by atoms with Gasteiger partial charge in [-0.2, -0.15) is 13.2 Å². The van der Waals surface area contributed by atoms with Crippen molar-refractivity contribution in [3.8, 4) is 0 Å². The molecule has 0 aliphatic heterocycles. The third kappa shape index (κ3) is 2.64. The molecule has 7 heteroatoms. The van der Waals surface area contributed by atoms with E-state index in [1.54, 1.807) is 30.3 Å². The number of alkyl halides is 4. The third-order valence-corrected chi connectivity index (χ3v) is 2.63. The molecule has 1 heterocycles. The standard InChI is InChI=1S/C11H9ClF3N3/c12-6-9-10(11(13,14)15)18(17-16-9)7-8-4-2-1-3-5-8/h1-5H,6-7H2. The lowest BCUT2D eigenvalue weighted by Gasteiger charge is -2.10. The molecule has 2 rings (SSSR count). The lowest BCUT2D eigenvalue weighted by molar-refractivity contribution is -0.144. The molecule has 0 N–H and O–H groups in total. The normalized spacial score (nSPS) is 11.8. The second kappa shape index (κ2) is 4.97. The summed E-state index contributed by atoms with van der Waals surface area (Å²) < 4.78 is 39.4. The van der Waals surface area contributed by atoms with E-state index in [-0.39, 0.29) is 18.1 Å². The summed E-state index contributed by atoms with van der Waals surface area (Å²) in [6.45, 7) is 0.0135. The van der Waals surface area contributed by atoms with Crippen molar-refractivity contribution >= 4 is 11.6 Å². The van der Waals surface area contributed by atoms with Crippen molar-refractivity contribution in [2.45, 2.75) is 18.6 Å². The van der Waals surface area contributed by atoms with E-state index in [1.807, 2.05) is 0 Å². The molecule has 3 nitrogen and oxygen atoms in total. The smallest absolute Gasteiger partial charge is 0.235 e. The van der Waals surface area contributed by atoms with E-state index >= 15 is 0 Å². The Morgan fingerprint density at radius 3 is 2.39 bits per heavy atom. The minimum absolute atomic E-state index is 0.0135. The molecule has 0 saturated carbocycles. The van der Waals surface area contributed by atoms with E-state index < -0.39 is 11.9 Å². The van der Waals surface area contributed by atoms with Crippen LogP contribution in [0.2, 0.25) is 0 Å². The van der Waals surface area contributed by atoms with Crippen LogP contribution in [-0.2, 0) is 18.6 Å². The maximum absolute atomic E-state index is 12.9. The Hall–Kier alpha value is -1.56. The van der Waals surface area contributed by atoms with Crippen molar-refractivity contribution in [3.05, 3.63) is 47.3 Å². The van der Waals surface area contributed by atoms with Crippen LogP contribution in [0.3, 0.4) is 0 Å². The molecule has 2 aromatic rings. The summed E-state index contributed by atoms with van der Waals surface area (Å²) in [7, 11) is 0. The Morgan fingerprint density at radius 1 is 1.17 bits per heavy atom. The van der Waals surface area contributed by atoms with Gasteiger partial charge in [0.2, 0.25) is 0 Å². The molecule has 0 spiro atoms. The van der Waals surface area contributed by atoms with Gasteiger partial charge in [0.25, 0.3) is 0 Å². The van der Waals surface area contributed by atoms with Crippen molar-refractivity contribution in [2.24, 2.45) is 0 Å². The van der Waals surface area contributed by atoms with Gasteiger partial charge in [-0.3, -0.25) is 0 Å². The minimum Gasteiger partial charge on any atom is -0.235 e. The molecule has 0 aliphatic rings. The van der Waals surface area contributed by atoms with Crippen molar-refractivity contribution in [1.29, 1.82) is 0 Å². The zero-order chi connectivity index (χ0) is 13.2. The Balaban J connectivity index is 2.37. The first kappa shape index (κ1) is 12.9. The Labute approximate surface area is 106 Å². The Kier molecular flexibility index (Phi) is 3.56. The minimum atomic E-state index is -4.51. The molecule has 0 atom stereocenters. The van der Waals surface area contributed by atoms with E-state index in [0.29, 0.717) is 5.56 Å². The topological polar surface area (TPSA) is 30.7 Å². The summed E-state index contributed by atoms with van der Waals surface area (Å²) in [6.07, 6.45) is -4.51. The lowest BCUT2D eigenvalue weighted by atomic mass is 10.2. The quantitative estimate of drug-likeness (QED) is 0.806. The number of benzene rings is 1. The van der Waals surface area contributed by atoms with Gasteiger partial charge in [0.1, 0.15) is 5.69 Å². The van der Waals surface area contributed by atoms with Crippen LogP contribution in [0.25, 0.3) is 0 Å². The highest BCUT2D eigenvalue weighted by Gasteiger charge is 2.38. The number of hydrogen-bond donors (Lipinski definition) is 0. The van der Waals surface area contributed by atoms with Crippen LogP contribution in [0.15, 0.2) is 30.3 Å². The molecule has 0 fully saturated rings. The predicted octanol–water partition coefficient (Wildman–Crippen LogP) is 3.08. The van der Waals surface area contributed by atoms with Crippen molar-refractivity contribution < 1.29 is 13.2 Å². The second-order valence-electron chi connectivity index (χ2n) is 3.66. The molecular weight excluding hydrogens is 267 g/mol. The summed E-state index contributed by atoms with van der Waals surface area (Å²) in [5.41, 5.74) is -0.421. The fourth-order valence-electron chi connectivity index (χ4n) is 1.62. The van der Waals surface area contributed by atoms with Gasteiger partial charge in [-0.1, -0.05) is 35.5 Å². The first-order chi connectivity index (χ1) is 8.52. The van der Waals surface area contributed by atoms with E-state index in [2.05, 4.69) is 10.3 Å². The van der Waals surface area contributed by atoms with Crippen LogP contribution in [0.5, 0.6) is 0 Å². The van der Waals surface area contributed by atoms with Crippen molar-refractivity contribution in [3.63, 3.8) is 0 Å². The molecule has 0 radical (unpaired) electrons. The Bertz CT molecular complexity index is 522. The second-order valence-corrected chi connectivity index (χ2v) is 3.93. The number of hydrogen-bond acceptors (Lipinski definition) is 2. The number of nitrogens with zero attached hydrogens (tertiary/aromatic N) is 3. The van der Waals surface area contributed by atoms with Crippen LogP contribution in [-0.4, -0.2) is 15.0 Å². The predicted molar refractivity (Wildman–Crippen MR) is 60.1 cm³/mol. The summed E-state index contributed by atoms with van der Waals surface area (Å²) in [5, 5.41) is 6.97. The first-order valence-electron chi connectivity index (χ1n) is 5.12. The van der Waals surface area contributed by atoms with Gasteiger partial charge < -0.3 is 0 Å².